The van der Waals surface area contributed by atoms with Crippen LogP contribution in [0.1, 0.15) is 16.1 Å². The average molecular weight is 381 g/mol. The molecule has 0 bridgehead atoms. The van der Waals surface area contributed by atoms with Crippen LogP contribution in [-0.2, 0) is 23.1 Å². The summed E-state index contributed by atoms with van der Waals surface area (Å²) >= 11 is 0. The number of esters is 1. The molecule has 8 heteroatoms. The number of carbonyl (C=O) groups is 2. The van der Waals surface area contributed by atoms with E-state index in [2.05, 4.69) is 10.4 Å². The Labute approximate surface area is 160 Å². The van der Waals surface area contributed by atoms with Gasteiger partial charge >= 0.3 is 5.97 Å². The molecule has 2 aromatic carbocycles. The van der Waals surface area contributed by atoms with E-state index in [0.717, 1.165) is 10.2 Å². The highest BCUT2D eigenvalue weighted by Crippen LogP contribution is 2.14. The highest BCUT2D eigenvalue weighted by Gasteiger charge is 2.18. The van der Waals surface area contributed by atoms with E-state index in [9.17, 15) is 14.4 Å². The van der Waals surface area contributed by atoms with Gasteiger partial charge in [-0.2, -0.15) is 5.10 Å². The molecule has 1 amide bonds. The Balaban J connectivity index is 1.64. The summed E-state index contributed by atoms with van der Waals surface area (Å²) in [6.45, 7) is -0.184. The second-order valence-electron chi connectivity index (χ2n) is 6.03. The second-order valence-corrected chi connectivity index (χ2v) is 6.03. The number of carbonyl (C=O) groups excluding carboxylic acids is 2. The molecule has 0 radical (unpaired) electrons. The summed E-state index contributed by atoms with van der Waals surface area (Å²) < 4.78 is 11.3. The van der Waals surface area contributed by atoms with Gasteiger partial charge in [-0.3, -0.25) is 9.59 Å². The predicted octanol–water partition coefficient (Wildman–Crippen LogP) is 1.42. The Morgan fingerprint density at radius 1 is 1.11 bits per heavy atom. The molecule has 3 aromatic rings. The molecule has 3 rings (SSSR count). The smallest absolute Gasteiger partial charge is 0.359 e. The van der Waals surface area contributed by atoms with Crippen molar-refractivity contribution in [3.63, 3.8) is 0 Å². The second kappa shape index (κ2) is 8.34. The molecule has 0 aliphatic rings. The lowest BCUT2D eigenvalue weighted by Crippen LogP contribution is -2.29. The highest BCUT2D eigenvalue weighted by molar-refractivity contribution is 6.02. The van der Waals surface area contributed by atoms with E-state index < -0.39 is 18.5 Å². The van der Waals surface area contributed by atoms with Crippen LogP contribution in [0, 0.1) is 0 Å². The van der Waals surface area contributed by atoms with E-state index >= 15 is 0 Å². The van der Waals surface area contributed by atoms with Gasteiger partial charge in [0, 0.05) is 19.0 Å². The molecule has 1 aromatic heterocycles. The first-order chi connectivity index (χ1) is 13.5. The number of aryl methyl sites for hydroxylation is 1. The number of fused-ring (bicyclic) bond motifs is 1. The largest absolute Gasteiger partial charge is 0.497 e. The number of nitrogens with zero attached hydrogens (tertiary/aromatic N) is 2. The number of amides is 1. The van der Waals surface area contributed by atoms with Crippen LogP contribution in [0.25, 0.3) is 10.8 Å². The van der Waals surface area contributed by atoms with Crippen LogP contribution < -0.4 is 15.6 Å². The Kier molecular flexibility index (Phi) is 5.69. The van der Waals surface area contributed by atoms with E-state index in [1.165, 1.54) is 7.05 Å². The molecule has 8 nitrogen and oxygen atoms in total. The molecule has 0 saturated carbocycles. The van der Waals surface area contributed by atoms with Crippen LogP contribution in [-0.4, -0.2) is 35.4 Å². The van der Waals surface area contributed by atoms with Crippen molar-refractivity contribution in [1.29, 1.82) is 0 Å². The molecule has 1 heterocycles. The first-order valence-corrected chi connectivity index (χ1v) is 8.52. The number of ether oxygens (including phenoxy) is 2. The fourth-order valence-corrected chi connectivity index (χ4v) is 2.68. The Hall–Kier alpha value is -3.68. The topological polar surface area (TPSA) is 99.5 Å². The third-order valence-electron chi connectivity index (χ3n) is 4.11. The lowest BCUT2D eigenvalue weighted by atomic mass is 10.1. The van der Waals surface area contributed by atoms with Crippen molar-refractivity contribution in [2.24, 2.45) is 7.05 Å². The molecule has 144 valence electrons. The Morgan fingerprint density at radius 2 is 1.86 bits per heavy atom. The van der Waals surface area contributed by atoms with Crippen LogP contribution >= 0.6 is 0 Å². The summed E-state index contributed by atoms with van der Waals surface area (Å²) in [7, 11) is 3.01. The van der Waals surface area contributed by atoms with Crippen molar-refractivity contribution in [3.8, 4) is 5.75 Å². The van der Waals surface area contributed by atoms with Crippen molar-refractivity contribution < 1.29 is 19.1 Å². The number of rotatable bonds is 6. The zero-order valence-electron chi connectivity index (χ0n) is 15.5. The molecule has 0 atom stereocenters. The molecule has 0 saturated heterocycles. The van der Waals surface area contributed by atoms with Crippen molar-refractivity contribution in [3.05, 3.63) is 70.1 Å². The number of nitrogens with one attached hydrogen (secondary N) is 1. The fourth-order valence-electron chi connectivity index (χ4n) is 2.68. The van der Waals surface area contributed by atoms with Crippen molar-refractivity contribution >= 4 is 22.6 Å². The minimum atomic E-state index is -0.775. The third-order valence-corrected chi connectivity index (χ3v) is 4.11. The van der Waals surface area contributed by atoms with E-state index in [0.29, 0.717) is 16.5 Å². The number of hydrogen-bond donors (Lipinski definition) is 1. The summed E-state index contributed by atoms with van der Waals surface area (Å²) in [6, 6.07) is 13.9. The average Bonchev–Trinajstić information content (AvgIpc) is 2.73. The first kappa shape index (κ1) is 19.1. The Bertz CT molecular complexity index is 1090. The van der Waals surface area contributed by atoms with Crippen molar-refractivity contribution in [2.75, 3.05) is 13.7 Å². The van der Waals surface area contributed by atoms with Gasteiger partial charge in [0.05, 0.1) is 12.5 Å². The van der Waals surface area contributed by atoms with Crippen LogP contribution in [0.4, 0.5) is 0 Å². The minimum Gasteiger partial charge on any atom is -0.497 e. The zero-order valence-corrected chi connectivity index (χ0v) is 15.5. The number of hydrogen-bond acceptors (Lipinski definition) is 6. The lowest BCUT2D eigenvalue weighted by Gasteiger charge is -2.09. The molecule has 0 unspecified atom stereocenters. The SMILES string of the molecule is COc1cccc(CNC(=O)COC(=O)c2nn(C)c(=O)c3ccccc23)c1. The summed E-state index contributed by atoms with van der Waals surface area (Å²) in [5.41, 5.74) is 0.520. The summed E-state index contributed by atoms with van der Waals surface area (Å²) in [5, 5.41) is 7.38. The van der Waals surface area contributed by atoms with Crippen LogP contribution in [0.5, 0.6) is 5.75 Å². The van der Waals surface area contributed by atoms with E-state index in [1.807, 2.05) is 12.1 Å². The molecule has 0 aliphatic carbocycles. The number of aromatic nitrogens is 2. The van der Waals surface area contributed by atoms with Gasteiger partial charge in [0.25, 0.3) is 11.5 Å². The molecular weight excluding hydrogens is 362 g/mol. The fraction of sp³-hybridized carbons (Fsp3) is 0.200. The minimum absolute atomic E-state index is 0.0155. The number of benzene rings is 2. The normalized spacial score (nSPS) is 10.5. The van der Waals surface area contributed by atoms with Gasteiger partial charge in [-0.15, -0.1) is 0 Å². The van der Waals surface area contributed by atoms with Crippen molar-refractivity contribution in [2.45, 2.75) is 6.54 Å². The lowest BCUT2D eigenvalue weighted by molar-refractivity contribution is -0.124. The molecular formula is C20H19N3O5. The molecule has 28 heavy (non-hydrogen) atoms. The van der Waals surface area contributed by atoms with Crippen LogP contribution in [0.3, 0.4) is 0 Å². The van der Waals surface area contributed by atoms with Gasteiger partial charge in [0.1, 0.15) is 5.75 Å². The molecule has 1 N–H and O–H groups in total. The van der Waals surface area contributed by atoms with Gasteiger partial charge in [0.2, 0.25) is 0 Å². The van der Waals surface area contributed by atoms with Gasteiger partial charge in [-0.1, -0.05) is 30.3 Å². The standard InChI is InChI=1S/C20H19N3O5/c1-23-19(25)16-9-4-3-8-15(16)18(22-23)20(26)28-12-17(24)21-11-13-6-5-7-14(10-13)27-2/h3-10H,11-12H2,1-2H3,(H,21,24). The summed E-state index contributed by atoms with van der Waals surface area (Å²) in [4.78, 5) is 36.5. The summed E-state index contributed by atoms with van der Waals surface area (Å²) in [5.74, 6) is -0.542. The number of methoxy groups -OCH3 is 1. The third kappa shape index (κ3) is 4.17. The van der Waals surface area contributed by atoms with E-state index in [4.69, 9.17) is 9.47 Å². The quantitative estimate of drug-likeness (QED) is 0.648. The molecule has 0 fully saturated rings. The van der Waals surface area contributed by atoms with Crippen molar-refractivity contribution in [1.82, 2.24) is 15.1 Å². The summed E-state index contributed by atoms with van der Waals surface area (Å²) in [6.07, 6.45) is 0. The highest BCUT2D eigenvalue weighted by atomic mass is 16.5. The maximum absolute atomic E-state index is 12.4. The van der Waals surface area contributed by atoms with Gasteiger partial charge in [-0.05, 0) is 23.8 Å². The molecule has 0 aliphatic heterocycles. The maximum Gasteiger partial charge on any atom is 0.359 e. The van der Waals surface area contributed by atoms with Gasteiger partial charge < -0.3 is 14.8 Å². The maximum atomic E-state index is 12.4. The van der Waals surface area contributed by atoms with Crippen LogP contribution in [0.15, 0.2) is 53.3 Å². The molecule has 0 spiro atoms. The van der Waals surface area contributed by atoms with Gasteiger partial charge in [0.15, 0.2) is 12.3 Å². The van der Waals surface area contributed by atoms with Crippen LogP contribution in [0.2, 0.25) is 0 Å². The monoisotopic (exact) mass is 381 g/mol. The predicted molar refractivity (Wildman–Crippen MR) is 102 cm³/mol. The van der Waals surface area contributed by atoms with E-state index in [1.54, 1.807) is 43.5 Å². The first-order valence-electron chi connectivity index (χ1n) is 8.52. The van der Waals surface area contributed by atoms with E-state index in [-0.39, 0.29) is 17.8 Å². The Morgan fingerprint density at radius 3 is 2.61 bits per heavy atom. The van der Waals surface area contributed by atoms with Gasteiger partial charge in [-0.25, -0.2) is 9.48 Å². The zero-order chi connectivity index (χ0) is 20.1.